The number of aryl methyl sites for hydroxylation is 1. The molecule has 2 aromatic carbocycles. The Hall–Kier alpha value is -2.61. The van der Waals surface area contributed by atoms with Crippen LogP contribution in [0.25, 0.3) is 22.4 Å². The van der Waals surface area contributed by atoms with Crippen LogP contribution in [0.1, 0.15) is 5.69 Å². The Morgan fingerprint density at radius 2 is 1.48 bits per heavy atom. The van der Waals surface area contributed by atoms with E-state index in [1.807, 2.05) is 37.3 Å². The maximum atomic E-state index is 5.21. The summed E-state index contributed by atoms with van der Waals surface area (Å²) in [6, 6.07) is 22.6. The van der Waals surface area contributed by atoms with Gasteiger partial charge in [0.15, 0.2) is 0 Å². The van der Waals surface area contributed by atoms with Gasteiger partial charge < -0.3 is 4.74 Å². The van der Waals surface area contributed by atoms with Crippen LogP contribution in [-0.2, 0) is 0 Å². The number of aromatic nitrogens is 1. The second-order valence-electron chi connectivity index (χ2n) is 4.98. The first kappa shape index (κ1) is 13.4. The van der Waals surface area contributed by atoms with E-state index in [0.717, 1.165) is 22.7 Å². The molecule has 0 spiro atoms. The summed E-state index contributed by atoms with van der Waals surface area (Å²) in [4.78, 5) is 4.64. The average Bonchev–Trinajstić information content (AvgIpc) is 2.55. The molecule has 0 aliphatic heterocycles. The summed E-state index contributed by atoms with van der Waals surface area (Å²) in [5.74, 6) is 0.868. The summed E-state index contributed by atoms with van der Waals surface area (Å²) in [5.41, 5.74) is 5.49. The number of hydrogen-bond donors (Lipinski definition) is 0. The van der Waals surface area contributed by atoms with E-state index in [9.17, 15) is 0 Å². The fourth-order valence-electron chi connectivity index (χ4n) is 2.38. The Labute approximate surface area is 125 Å². The molecule has 0 aliphatic rings. The van der Waals surface area contributed by atoms with E-state index in [-0.39, 0.29) is 0 Å². The van der Waals surface area contributed by atoms with Crippen LogP contribution in [0, 0.1) is 6.92 Å². The molecule has 0 saturated carbocycles. The predicted octanol–water partition coefficient (Wildman–Crippen LogP) is 4.73. The van der Waals surface area contributed by atoms with Crippen molar-refractivity contribution in [2.75, 3.05) is 7.11 Å². The molecule has 2 heteroatoms. The molecule has 0 unspecified atom stereocenters. The smallest absolute Gasteiger partial charge is 0.118 e. The van der Waals surface area contributed by atoms with Gasteiger partial charge in [-0.1, -0.05) is 42.5 Å². The standard InChI is InChI=1S/C19H17NO/c1-14-12-17(15-8-10-18(21-2)11-9-15)13-19(20-14)16-6-4-3-5-7-16/h3-13H,1-2H3. The van der Waals surface area contributed by atoms with Gasteiger partial charge in [-0.15, -0.1) is 0 Å². The third-order valence-electron chi connectivity index (χ3n) is 3.45. The van der Waals surface area contributed by atoms with Gasteiger partial charge >= 0.3 is 0 Å². The molecule has 0 fully saturated rings. The fraction of sp³-hybridized carbons (Fsp3) is 0.105. The van der Waals surface area contributed by atoms with Gasteiger partial charge in [-0.2, -0.15) is 0 Å². The minimum atomic E-state index is 0.868. The largest absolute Gasteiger partial charge is 0.497 e. The van der Waals surface area contributed by atoms with E-state index in [4.69, 9.17) is 4.74 Å². The van der Waals surface area contributed by atoms with Crippen LogP contribution in [-0.4, -0.2) is 12.1 Å². The van der Waals surface area contributed by atoms with Gasteiger partial charge in [-0.3, -0.25) is 4.98 Å². The van der Waals surface area contributed by atoms with Crippen molar-refractivity contribution in [3.8, 4) is 28.1 Å². The fourth-order valence-corrected chi connectivity index (χ4v) is 2.38. The van der Waals surface area contributed by atoms with Crippen LogP contribution in [0.5, 0.6) is 5.75 Å². The maximum absolute atomic E-state index is 5.21. The number of benzene rings is 2. The summed E-state index contributed by atoms with van der Waals surface area (Å²) in [7, 11) is 1.68. The van der Waals surface area contributed by atoms with Crippen LogP contribution >= 0.6 is 0 Å². The Balaban J connectivity index is 2.05. The number of methoxy groups -OCH3 is 1. The van der Waals surface area contributed by atoms with Crippen molar-refractivity contribution in [1.82, 2.24) is 4.98 Å². The second kappa shape index (κ2) is 5.80. The van der Waals surface area contributed by atoms with E-state index < -0.39 is 0 Å². The summed E-state index contributed by atoms with van der Waals surface area (Å²) in [5, 5.41) is 0. The first-order valence-corrected chi connectivity index (χ1v) is 6.95. The van der Waals surface area contributed by atoms with E-state index in [1.165, 1.54) is 11.1 Å². The van der Waals surface area contributed by atoms with Crippen LogP contribution in [0.15, 0.2) is 66.7 Å². The lowest BCUT2D eigenvalue weighted by Crippen LogP contribution is -1.90. The molecule has 0 atom stereocenters. The predicted molar refractivity (Wildman–Crippen MR) is 86.4 cm³/mol. The molecule has 0 saturated heterocycles. The summed E-state index contributed by atoms with van der Waals surface area (Å²) in [6.45, 7) is 2.03. The Morgan fingerprint density at radius 3 is 2.14 bits per heavy atom. The molecule has 21 heavy (non-hydrogen) atoms. The molecule has 0 aliphatic carbocycles. The number of nitrogens with zero attached hydrogens (tertiary/aromatic N) is 1. The van der Waals surface area contributed by atoms with Gasteiger partial charge in [0.25, 0.3) is 0 Å². The van der Waals surface area contributed by atoms with Crippen molar-refractivity contribution >= 4 is 0 Å². The van der Waals surface area contributed by atoms with Gasteiger partial charge in [0.2, 0.25) is 0 Å². The second-order valence-corrected chi connectivity index (χ2v) is 4.98. The molecule has 3 aromatic rings. The zero-order valence-electron chi connectivity index (χ0n) is 12.2. The van der Waals surface area contributed by atoms with Gasteiger partial charge in [-0.05, 0) is 42.3 Å². The van der Waals surface area contributed by atoms with Gasteiger partial charge in [0.1, 0.15) is 5.75 Å². The Bertz CT molecular complexity index is 733. The van der Waals surface area contributed by atoms with Crippen molar-refractivity contribution in [1.29, 1.82) is 0 Å². The lowest BCUT2D eigenvalue weighted by atomic mass is 10.0. The minimum Gasteiger partial charge on any atom is -0.497 e. The molecule has 0 N–H and O–H groups in total. The highest BCUT2D eigenvalue weighted by molar-refractivity contribution is 5.71. The zero-order valence-corrected chi connectivity index (χ0v) is 12.2. The van der Waals surface area contributed by atoms with Crippen LogP contribution in [0.4, 0.5) is 0 Å². The third kappa shape index (κ3) is 2.95. The summed E-state index contributed by atoms with van der Waals surface area (Å²) < 4.78 is 5.21. The van der Waals surface area contributed by atoms with Crippen LogP contribution < -0.4 is 4.74 Å². The molecular weight excluding hydrogens is 258 g/mol. The number of ether oxygens (including phenoxy) is 1. The highest BCUT2D eigenvalue weighted by Gasteiger charge is 2.05. The van der Waals surface area contributed by atoms with Crippen molar-refractivity contribution < 1.29 is 4.74 Å². The normalized spacial score (nSPS) is 10.4. The zero-order chi connectivity index (χ0) is 14.7. The average molecular weight is 275 g/mol. The molecular formula is C19H17NO. The first-order valence-electron chi connectivity index (χ1n) is 6.95. The number of pyridine rings is 1. The highest BCUT2D eigenvalue weighted by atomic mass is 16.5. The topological polar surface area (TPSA) is 22.1 Å². The molecule has 0 amide bonds. The molecule has 104 valence electrons. The lowest BCUT2D eigenvalue weighted by molar-refractivity contribution is 0.415. The SMILES string of the molecule is COc1ccc(-c2cc(C)nc(-c3ccccc3)c2)cc1. The van der Waals surface area contributed by atoms with E-state index in [1.54, 1.807) is 7.11 Å². The Kier molecular flexibility index (Phi) is 3.69. The molecule has 1 heterocycles. The van der Waals surface area contributed by atoms with Crippen molar-refractivity contribution in [3.05, 3.63) is 72.4 Å². The van der Waals surface area contributed by atoms with Crippen LogP contribution in [0.3, 0.4) is 0 Å². The molecule has 0 bridgehead atoms. The quantitative estimate of drug-likeness (QED) is 0.689. The van der Waals surface area contributed by atoms with Crippen molar-refractivity contribution in [2.24, 2.45) is 0 Å². The van der Waals surface area contributed by atoms with Gasteiger partial charge in [-0.25, -0.2) is 0 Å². The first-order chi connectivity index (χ1) is 10.3. The van der Waals surface area contributed by atoms with Crippen molar-refractivity contribution in [3.63, 3.8) is 0 Å². The monoisotopic (exact) mass is 275 g/mol. The number of hydrogen-bond acceptors (Lipinski definition) is 2. The number of rotatable bonds is 3. The Morgan fingerprint density at radius 1 is 0.762 bits per heavy atom. The van der Waals surface area contributed by atoms with Gasteiger partial charge in [0, 0.05) is 11.3 Å². The molecule has 0 radical (unpaired) electrons. The highest BCUT2D eigenvalue weighted by Crippen LogP contribution is 2.27. The van der Waals surface area contributed by atoms with E-state index >= 15 is 0 Å². The summed E-state index contributed by atoms with van der Waals surface area (Å²) in [6.07, 6.45) is 0. The lowest BCUT2D eigenvalue weighted by Gasteiger charge is -2.08. The minimum absolute atomic E-state index is 0.868. The van der Waals surface area contributed by atoms with Gasteiger partial charge in [0.05, 0.1) is 12.8 Å². The molecule has 2 nitrogen and oxygen atoms in total. The third-order valence-corrected chi connectivity index (χ3v) is 3.45. The van der Waals surface area contributed by atoms with E-state index in [2.05, 4.69) is 41.4 Å². The molecule has 3 rings (SSSR count). The summed E-state index contributed by atoms with van der Waals surface area (Å²) >= 11 is 0. The van der Waals surface area contributed by atoms with Crippen molar-refractivity contribution in [2.45, 2.75) is 6.92 Å². The molecule has 1 aromatic heterocycles. The van der Waals surface area contributed by atoms with E-state index in [0.29, 0.717) is 0 Å². The van der Waals surface area contributed by atoms with Crippen LogP contribution in [0.2, 0.25) is 0 Å². The maximum Gasteiger partial charge on any atom is 0.118 e.